The molecule has 0 saturated heterocycles. The Bertz CT molecular complexity index is 1110. The predicted molar refractivity (Wildman–Crippen MR) is 101 cm³/mol. The summed E-state index contributed by atoms with van der Waals surface area (Å²) in [5.74, 6) is -4.65. The van der Waals surface area contributed by atoms with Crippen molar-refractivity contribution in [2.45, 2.75) is 19.1 Å². The number of methoxy groups -OCH3 is 1. The first-order valence-electron chi connectivity index (χ1n) is 9.13. The predicted octanol–water partition coefficient (Wildman–Crippen LogP) is 4.21. The van der Waals surface area contributed by atoms with Crippen molar-refractivity contribution in [3.05, 3.63) is 65.1 Å². The zero-order valence-electron chi connectivity index (χ0n) is 16.5. The van der Waals surface area contributed by atoms with E-state index in [4.69, 9.17) is 4.74 Å². The lowest BCUT2D eigenvalue weighted by molar-refractivity contribution is -0.140. The average Bonchev–Trinajstić information content (AvgIpc) is 3.15. The van der Waals surface area contributed by atoms with Crippen molar-refractivity contribution in [2.24, 2.45) is 0 Å². The summed E-state index contributed by atoms with van der Waals surface area (Å²) in [6.07, 6.45) is -4.38. The molecule has 0 radical (unpaired) electrons. The molecular weight excluding hydrogens is 442 g/mol. The molecule has 0 fully saturated rings. The topological polar surface area (TPSA) is 69.0 Å². The Hall–Kier alpha value is -3.41. The Morgan fingerprint density at radius 3 is 2.47 bits per heavy atom. The molecule has 3 aromatic rings. The third-order valence-electron chi connectivity index (χ3n) is 4.38. The van der Waals surface area contributed by atoms with Crippen LogP contribution in [0.25, 0.3) is 11.3 Å². The Balaban J connectivity index is 1.76. The molecular formula is C20H16F6N4O2. The van der Waals surface area contributed by atoms with Crippen LogP contribution in [0, 0.1) is 17.5 Å². The van der Waals surface area contributed by atoms with E-state index >= 15 is 0 Å². The quantitative estimate of drug-likeness (QED) is 0.539. The molecule has 1 N–H and O–H groups in total. The van der Waals surface area contributed by atoms with E-state index in [1.807, 2.05) is 0 Å². The molecule has 0 aliphatic carbocycles. The minimum atomic E-state index is -4.93. The van der Waals surface area contributed by atoms with E-state index in [2.05, 4.69) is 15.6 Å². The third-order valence-corrected chi connectivity index (χ3v) is 4.38. The summed E-state index contributed by atoms with van der Waals surface area (Å²) >= 11 is 0. The van der Waals surface area contributed by atoms with Gasteiger partial charge >= 0.3 is 6.18 Å². The summed E-state index contributed by atoms with van der Waals surface area (Å²) < 4.78 is 87.7. The average molecular weight is 458 g/mol. The van der Waals surface area contributed by atoms with Crippen LogP contribution < -0.4 is 5.32 Å². The monoisotopic (exact) mass is 458 g/mol. The number of rotatable bonds is 7. The van der Waals surface area contributed by atoms with Crippen molar-refractivity contribution in [1.29, 1.82) is 0 Å². The van der Waals surface area contributed by atoms with Gasteiger partial charge in [0, 0.05) is 12.8 Å². The molecule has 32 heavy (non-hydrogen) atoms. The van der Waals surface area contributed by atoms with Gasteiger partial charge < -0.3 is 10.1 Å². The molecule has 0 spiro atoms. The number of nitrogens with one attached hydrogen (secondary N) is 1. The normalized spacial score (nSPS) is 11.6. The number of amides is 1. The highest BCUT2D eigenvalue weighted by Gasteiger charge is 2.35. The molecule has 0 unspecified atom stereocenters. The smallest absolute Gasteiger partial charge is 0.383 e. The van der Waals surface area contributed by atoms with Crippen molar-refractivity contribution < 1.29 is 35.9 Å². The van der Waals surface area contributed by atoms with Gasteiger partial charge in [-0.2, -0.15) is 13.2 Å². The van der Waals surface area contributed by atoms with E-state index in [9.17, 15) is 31.1 Å². The number of alkyl halides is 3. The number of aromatic nitrogens is 3. The number of benzene rings is 2. The molecule has 170 valence electrons. The van der Waals surface area contributed by atoms with Crippen LogP contribution in [0.3, 0.4) is 0 Å². The fourth-order valence-corrected chi connectivity index (χ4v) is 2.91. The molecule has 1 aromatic heterocycles. The highest BCUT2D eigenvalue weighted by Crippen LogP contribution is 2.32. The van der Waals surface area contributed by atoms with Crippen molar-refractivity contribution in [3.8, 4) is 11.3 Å². The number of carbonyl (C=O) groups is 1. The Morgan fingerprint density at radius 2 is 1.84 bits per heavy atom. The fourth-order valence-electron chi connectivity index (χ4n) is 2.91. The van der Waals surface area contributed by atoms with Crippen molar-refractivity contribution in [3.63, 3.8) is 0 Å². The summed E-state index contributed by atoms with van der Waals surface area (Å²) in [7, 11) is 1.48. The van der Waals surface area contributed by atoms with Gasteiger partial charge in [0.15, 0.2) is 0 Å². The van der Waals surface area contributed by atoms with E-state index in [0.717, 1.165) is 24.3 Å². The highest BCUT2D eigenvalue weighted by atomic mass is 19.4. The van der Waals surface area contributed by atoms with E-state index in [-0.39, 0.29) is 11.4 Å². The van der Waals surface area contributed by atoms with Crippen LogP contribution in [0.15, 0.2) is 36.5 Å². The lowest BCUT2D eigenvalue weighted by atomic mass is 10.1. The van der Waals surface area contributed by atoms with Crippen LogP contribution in [-0.4, -0.2) is 34.6 Å². The molecule has 0 atom stereocenters. The second-order valence-electron chi connectivity index (χ2n) is 6.68. The van der Waals surface area contributed by atoms with E-state index in [1.54, 1.807) is 0 Å². The van der Waals surface area contributed by atoms with Gasteiger partial charge in [0.25, 0.3) is 0 Å². The first-order valence-corrected chi connectivity index (χ1v) is 9.13. The van der Waals surface area contributed by atoms with Crippen molar-refractivity contribution >= 4 is 11.6 Å². The number of halogens is 6. The van der Waals surface area contributed by atoms with Crippen molar-refractivity contribution in [1.82, 2.24) is 15.0 Å². The maximum Gasteiger partial charge on any atom is 0.419 e. The summed E-state index contributed by atoms with van der Waals surface area (Å²) in [5.41, 5.74) is -2.88. The second-order valence-corrected chi connectivity index (χ2v) is 6.68. The van der Waals surface area contributed by atoms with Crippen LogP contribution in [0.1, 0.15) is 11.1 Å². The number of ether oxygens (including phenoxy) is 1. The number of hydrogen-bond donors (Lipinski definition) is 1. The molecule has 0 bridgehead atoms. The Labute approximate surface area is 177 Å². The van der Waals surface area contributed by atoms with Gasteiger partial charge in [-0.25, -0.2) is 17.9 Å². The zero-order chi connectivity index (χ0) is 23.5. The molecule has 1 heterocycles. The number of hydrogen-bond acceptors (Lipinski definition) is 4. The number of anilines is 1. The van der Waals surface area contributed by atoms with Gasteiger partial charge in [-0.05, 0) is 23.8 Å². The maximum absolute atomic E-state index is 14.5. The molecule has 3 rings (SSSR count). The SMILES string of the molecule is COCCn1cc(-c2c(F)cc(NC(=O)Cc3cccc(C(F)(F)F)c3F)cc2F)nn1. The van der Waals surface area contributed by atoms with Gasteiger partial charge in [0.1, 0.15) is 23.1 Å². The molecule has 2 aromatic carbocycles. The van der Waals surface area contributed by atoms with Crippen LogP contribution in [-0.2, 0) is 28.7 Å². The number of nitrogens with zero attached hydrogens (tertiary/aromatic N) is 3. The first-order chi connectivity index (χ1) is 15.1. The Morgan fingerprint density at radius 1 is 1.16 bits per heavy atom. The maximum atomic E-state index is 14.5. The van der Waals surface area contributed by atoms with Gasteiger partial charge in [-0.3, -0.25) is 4.79 Å². The Kier molecular flexibility index (Phi) is 6.82. The zero-order valence-corrected chi connectivity index (χ0v) is 16.5. The highest BCUT2D eigenvalue weighted by molar-refractivity contribution is 5.92. The first kappa shape index (κ1) is 23.3. The van der Waals surface area contributed by atoms with Crippen LogP contribution in [0.5, 0.6) is 0 Å². The summed E-state index contributed by atoms with van der Waals surface area (Å²) in [6, 6.07) is 4.15. The standard InChI is InChI=1S/C20H16F6N4O2/c1-32-6-5-30-10-16(28-29-30)18-14(21)8-12(9-15(18)22)27-17(31)7-11-3-2-4-13(19(11)23)20(24,25)26/h2-4,8-10H,5-7H2,1H3,(H,27,31). The lowest BCUT2D eigenvalue weighted by Gasteiger charge is -2.12. The molecule has 12 heteroatoms. The molecule has 0 aliphatic heterocycles. The van der Waals surface area contributed by atoms with Gasteiger partial charge in [-0.15, -0.1) is 5.10 Å². The number of carbonyl (C=O) groups excluding carboxylic acids is 1. The summed E-state index contributed by atoms with van der Waals surface area (Å²) in [5, 5.41) is 9.58. The van der Waals surface area contributed by atoms with E-state index in [1.165, 1.54) is 18.0 Å². The molecule has 1 amide bonds. The van der Waals surface area contributed by atoms with E-state index in [0.29, 0.717) is 19.2 Å². The third kappa shape index (κ3) is 5.25. The lowest BCUT2D eigenvalue weighted by Crippen LogP contribution is -2.17. The largest absolute Gasteiger partial charge is 0.419 e. The van der Waals surface area contributed by atoms with Crippen LogP contribution in [0.4, 0.5) is 32.0 Å². The van der Waals surface area contributed by atoms with Gasteiger partial charge in [0.05, 0.1) is 36.9 Å². The molecule has 0 saturated carbocycles. The van der Waals surface area contributed by atoms with Gasteiger partial charge in [0.2, 0.25) is 5.91 Å². The second kappa shape index (κ2) is 9.39. The molecule has 6 nitrogen and oxygen atoms in total. The van der Waals surface area contributed by atoms with Gasteiger partial charge in [-0.1, -0.05) is 17.3 Å². The van der Waals surface area contributed by atoms with E-state index < -0.39 is 52.6 Å². The minimum Gasteiger partial charge on any atom is -0.383 e. The minimum absolute atomic E-state index is 0.0833. The molecule has 0 aliphatic rings. The fraction of sp³-hybridized carbons (Fsp3) is 0.250. The van der Waals surface area contributed by atoms with Crippen molar-refractivity contribution in [2.75, 3.05) is 19.0 Å². The summed E-state index contributed by atoms with van der Waals surface area (Å²) in [4.78, 5) is 12.1. The van der Waals surface area contributed by atoms with Crippen LogP contribution in [0.2, 0.25) is 0 Å². The summed E-state index contributed by atoms with van der Waals surface area (Å²) in [6.45, 7) is 0.623. The van der Waals surface area contributed by atoms with Crippen LogP contribution >= 0.6 is 0 Å².